The van der Waals surface area contributed by atoms with Gasteiger partial charge in [0.05, 0.1) is 18.4 Å². The highest BCUT2D eigenvalue weighted by Gasteiger charge is 2.53. The molecule has 3 heterocycles. The van der Waals surface area contributed by atoms with Crippen LogP contribution in [0.25, 0.3) is 5.52 Å². The van der Waals surface area contributed by atoms with Crippen LogP contribution in [-0.2, 0) is 15.1 Å². The maximum absolute atomic E-state index is 10.2. The van der Waals surface area contributed by atoms with Crippen LogP contribution in [0.5, 0.6) is 0 Å². The molecule has 1 fully saturated rings. The first-order valence-electron chi connectivity index (χ1n) is 8.01. The molecule has 0 spiro atoms. The van der Waals surface area contributed by atoms with E-state index in [1.165, 1.54) is 6.33 Å². The lowest BCUT2D eigenvalue weighted by Crippen LogP contribution is -2.45. The predicted molar refractivity (Wildman–Crippen MR) is 91.2 cm³/mol. The summed E-state index contributed by atoms with van der Waals surface area (Å²) in [5, 5.41) is 24.0. The molecule has 2 aromatic rings. The van der Waals surface area contributed by atoms with E-state index in [-0.39, 0.29) is 6.61 Å². The van der Waals surface area contributed by atoms with Gasteiger partial charge in [0, 0.05) is 19.7 Å². The van der Waals surface area contributed by atoms with Crippen LogP contribution in [0.15, 0.2) is 23.5 Å². The van der Waals surface area contributed by atoms with Gasteiger partial charge in [-0.25, -0.2) is 9.50 Å². The molecule has 4 N–H and O–H groups in total. The first-order valence-corrected chi connectivity index (χ1v) is 8.01. The molecule has 1 aliphatic rings. The second-order valence-electron chi connectivity index (χ2n) is 6.55. The summed E-state index contributed by atoms with van der Waals surface area (Å²) in [7, 11) is 1.62. The topological polar surface area (TPSA) is 127 Å². The number of nitrogens with zero attached hydrogens (tertiary/aromatic N) is 4. The van der Waals surface area contributed by atoms with Crippen LogP contribution < -0.4 is 5.73 Å². The molecule has 0 aliphatic carbocycles. The Bertz CT molecular complexity index is 784. The van der Waals surface area contributed by atoms with Gasteiger partial charge in [0.25, 0.3) is 0 Å². The summed E-state index contributed by atoms with van der Waals surface area (Å²) in [6.45, 7) is 2.92. The van der Waals surface area contributed by atoms with Crippen molar-refractivity contribution in [2.24, 2.45) is 4.99 Å². The SMILES string of the molecule is CN=C[C@@]1(c2ccc3c(N)ncnn23)O[C@H](CO)C[C@H]1OC(C)(C)O. The number of aliphatic hydroxyl groups is 2. The molecule has 0 unspecified atom stereocenters. The third-order valence-electron chi connectivity index (χ3n) is 4.15. The van der Waals surface area contributed by atoms with Crippen molar-refractivity contribution in [3.8, 4) is 0 Å². The summed E-state index contributed by atoms with van der Waals surface area (Å²) < 4.78 is 13.6. The molecule has 1 saturated heterocycles. The van der Waals surface area contributed by atoms with Crippen molar-refractivity contribution in [1.82, 2.24) is 14.6 Å². The molecule has 2 aromatic heterocycles. The molecule has 0 aromatic carbocycles. The van der Waals surface area contributed by atoms with Gasteiger partial charge in [-0.15, -0.1) is 0 Å². The number of nitrogens with two attached hydrogens (primary N) is 1. The van der Waals surface area contributed by atoms with E-state index < -0.39 is 23.6 Å². The fourth-order valence-electron chi connectivity index (χ4n) is 3.25. The summed E-state index contributed by atoms with van der Waals surface area (Å²) in [6.07, 6.45) is 2.31. The minimum atomic E-state index is -1.38. The number of anilines is 1. The van der Waals surface area contributed by atoms with Crippen molar-refractivity contribution < 1.29 is 19.7 Å². The molecule has 3 rings (SSSR count). The zero-order chi connectivity index (χ0) is 18.2. The van der Waals surface area contributed by atoms with Crippen molar-refractivity contribution in [3.63, 3.8) is 0 Å². The number of hydrogen-bond acceptors (Lipinski definition) is 8. The normalized spacial score (nSPS) is 27.6. The van der Waals surface area contributed by atoms with Gasteiger partial charge in [-0.1, -0.05) is 0 Å². The van der Waals surface area contributed by atoms with Crippen LogP contribution in [0.3, 0.4) is 0 Å². The van der Waals surface area contributed by atoms with E-state index in [1.54, 1.807) is 37.7 Å². The highest BCUT2D eigenvalue weighted by Crippen LogP contribution is 2.42. The molecule has 9 nitrogen and oxygen atoms in total. The summed E-state index contributed by atoms with van der Waals surface area (Å²) in [4.78, 5) is 8.13. The van der Waals surface area contributed by atoms with Crippen LogP contribution >= 0.6 is 0 Å². The zero-order valence-corrected chi connectivity index (χ0v) is 14.5. The van der Waals surface area contributed by atoms with Gasteiger partial charge in [-0.2, -0.15) is 5.10 Å². The number of aromatic nitrogens is 3. The second-order valence-corrected chi connectivity index (χ2v) is 6.55. The van der Waals surface area contributed by atoms with Gasteiger partial charge < -0.3 is 25.4 Å². The van der Waals surface area contributed by atoms with E-state index in [1.807, 2.05) is 6.07 Å². The van der Waals surface area contributed by atoms with Crippen molar-refractivity contribution >= 4 is 17.5 Å². The highest BCUT2D eigenvalue weighted by molar-refractivity contribution is 5.75. The van der Waals surface area contributed by atoms with Gasteiger partial charge in [0.2, 0.25) is 0 Å². The lowest BCUT2D eigenvalue weighted by atomic mass is 9.93. The molecule has 0 saturated carbocycles. The average molecular weight is 349 g/mol. The fraction of sp³-hybridized carbons (Fsp3) is 0.562. The molecule has 136 valence electrons. The third kappa shape index (κ3) is 3.11. The van der Waals surface area contributed by atoms with E-state index in [0.29, 0.717) is 23.4 Å². The van der Waals surface area contributed by atoms with Crippen molar-refractivity contribution in [1.29, 1.82) is 0 Å². The highest BCUT2D eigenvalue weighted by atomic mass is 16.7. The van der Waals surface area contributed by atoms with Gasteiger partial charge in [-0.05, 0) is 26.0 Å². The van der Waals surface area contributed by atoms with Crippen molar-refractivity contribution in [2.75, 3.05) is 19.4 Å². The first-order chi connectivity index (χ1) is 11.8. The Labute approximate surface area is 145 Å². The maximum Gasteiger partial charge on any atom is 0.171 e. The molecule has 1 aliphatic heterocycles. The molecule has 9 heteroatoms. The van der Waals surface area contributed by atoms with Crippen LogP contribution in [0, 0.1) is 0 Å². The average Bonchev–Trinajstić information content (AvgIpc) is 3.10. The predicted octanol–water partition coefficient (Wildman–Crippen LogP) is 0.102. The monoisotopic (exact) mass is 349 g/mol. The van der Waals surface area contributed by atoms with E-state index in [2.05, 4.69) is 15.1 Å². The Kier molecular flexibility index (Phi) is 4.50. The lowest BCUT2D eigenvalue weighted by molar-refractivity contribution is -0.224. The molecule has 0 radical (unpaired) electrons. The van der Waals surface area contributed by atoms with E-state index in [0.717, 1.165) is 0 Å². The smallest absolute Gasteiger partial charge is 0.171 e. The number of nitrogen functional groups attached to an aromatic ring is 1. The number of aliphatic hydroxyl groups excluding tert-OH is 1. The van der Waals surface area contributed by atoms with Crippen LogP contribution in [0.4, 0.5) is 5.82 Å². The Hall–Kier alpha value is -2.07. The summed E-state index contributed by atoms with van der Waals surface area (Å²) in [5.74, 6) is -1.05. The molecule has 0 bridgehead atoms. The number of rotatable bonds is 5. The number of fused-ring (bicyclic) bond motifs is 1. The lowest BCUT2D eigenvalue weighted by Gasteiger charge is -2.34. The Morgan fingerprint density at radius 1 is 1.56 bits per heavy atom. The third-order valence-corrected chi connectivity index (χ3v) is 4.15. The minimum absolute atomic E-state index is 0.175. The van der Waals surface area contributed by atoms with Crippen molar-refractivity contribution in [2.45, 2.75) is 43.9 Å². The largest absolute Gasteiger partial charge is 0.394 e. The molecular weight excluding hydrogens is 326 g/mol. The molecule has 3 atom stereocenters. The standard InChI is InChI=1S/C16H23N5O4/c1-15(2,23)25-13-6-10(7-22)24-16(13,8-18-3)12-5-4-11-14(17)19-9-20-21(11)12/h4-5,8-10,13,22-23H,6-7H2,1-3H3,(H2,17,19,20)/t10-,13+,16-/m0/s1. The van der Waals surface area contributed by atoms with Gasteiger partial charge in [0.15, 0.2) is 17.2 Å². The quantitative estimate of drug-likeness (QED) is 0.516. The first kappa shape index (κ1) is 17.7. The van der Waals surface area contributed by atoms with Gasteiger partial charge >= 0.3 is 0 Å². The summed E-state index contributed by atoms with van der Waals surface area (Å²) in [5.41, 5.74) is 6.04. The van der Waals surface area contributed by atoms with E-state index in [4.69, 9.17) is 15.2 Å². The summed E-state index contributed by atoms with van der Waals surface area (Å²) in [6, 6.07) is 3.59. The second kappa shape index (κ2) is 6.34. The van der Waals surface area contributed by atoms with E-state index in [9.17, 15) is 10.2 Å². The zero-order valence-electron chi connectivity index (χ0n) is 14.5. The Morgan fingerprint density at radius 2 is 2.32 bits per heavy atom. The van der Waals surface area contributed by atoms with Crippen LogP contribution in [0.2, 0.25) is 0 Å². The number of ether oxygens (including phenoxy) is 2. The maximum atomic E-state index is 10.2. The fourth-order valence-corrected chi connectivity index (χ4v) is 3.25. The molecule has 25 heavy (non-hydrogen) atoms. The Morgan fingerprint density at radius 3 is 2.96 bits per heavy atom. The van der Waals surface area contributed by atoms with Crippen LogP contribution in [-0.4, -0.2) is 62.7 Å². The molecular formula is C16H23N5O4. The van der Waals surface area contributed by atoms with Crippen molar-refractivity contribution in [3.05, 3.63) is 24.2 Å². The van der Waals surface area contributed by atoms with E-state index >= 15 is 0 Å². The molecule has 0 amide bonds. The number of hydrogen-bond donors (Lipinski definition) is 3. The summed E-state index contributed by atoms with van der Waals surface area (Å²) >= 11 is 0. The number of aliphatic imine (C=N–C) groups is 1. The van der Waals surface area contributed by atoms with Crippen LogP contribution in [0.1, 0.15) is 26.0 Å². The van der Waals surface area contributed by atoms with Gasteiger partial charge in [-0.3, -0.25) is 4.99 Å². The minimum Gasteiger partial charge on any atom is -0.394 e. The van der Waals surface area contributed by atoms with Gasteiger partial charge in [0.1, 0.15) is 17.9 Å². The Balaban J connectivity index is 2.17.